The first-order valence-corrected chi connectivity index (χ1v) is 18.9. The van der Waals surface area contributed by atoms with Crippen molar-refractivity contribution in [3.8, 4) is 0 Å². The molecule has 0 aliphatic carbocycles. The SMILES string of the molecule is OC[C@H]1O[C@H](n2cc([C@H]3O[C@H](CCOCc4ccccc4)[C@@H](OCc4ccccc4)[C@H](OCc4ccccc4)[C@@H]3OCc3ccccc3)nn2)[C@@H](O)[C@@H](O)[C@@H]1O. The third-order valence-electron chi connectivity index (χ3n) is 10.1. The van der Waals surface area contributed by atoms with E-state index in [-0.39, 0.29) is 13.2 Å². The molecule has 0 saturated carbocycles. The standard InChI is InChI=1S/C43H49N3O10/c47-24-35-36(48)37(49)38(50)43(56-35)46-23-33(44-45-46)39-41(53-27-31-17-9-3-10-18-31)42(54-28-32-19-11-4-12-20-32)40(52-26-30-15-7-2-8-16-30)34(55-39)21-22-51-25-29-13-5-1-6-14-29/h1-20,23,34-43,47-50H,21-22,24-28H2/t34-,35-,36-,37+,38+,39-,40-,41-,42+,43+/m1/s1. The Morgan fingerprint density at radius 2 is 1.05 bits per heavy atom. The minimum Gasteiger partial charge on any atom is -0.394 e. The van der Waals surface area contributed by atoms with Crippen LogP contribution in [-0.4, -0.2) is 97.5 Å². The Morgan fingerprint density at radius 3 is 1.59 bits per heavy atom. The summed E-state index contributed by atoms with van der Waals surface area (Å²) < 4.78 is 40.5. The van der Waals surface area contributed by atoms with Gasteiger partial charge in [-0.15, -0.1) is 5.10 Å². The molecular weight excluding hydrogens is 718 g/mol. The molecule has 2 aliphatic heterocycles. The third-order valence-corrected chi connectivity index (χ3v) is 10.1. The molecule has 2 fully saturated rings. The average Bonchev–Trinajstić information content (AvgIpc) is 3.74. The number of aliphatic hydroxyl groups excluding tert-OH is 4. The van der Waals surface area contributed by atoms with Crippen LogP contribution >= 0.6 is 0 Å². The van der Waals surface area contributed by atoms with Gasteiger partial charge in [0, 0.05) is 6.61 Å². The van der Waals surface area contributed by atoms with Crippen LogP contribution in [0.5, 0.6) is 0 Å². The van der Waals surface area contributed by atoms with Crippen molar-refractivity contribution >= 4 is 0 Å². The van der Waals surface area contributed by atoms with Gasteiger partial charge in [0.05, 0.1) is 45.3 Å². The summed E-state index contributed by atoms with van der Waals surface area (Å²) in [5.41, 5.74) is 4.30. The fraction of sp³-hybridized carbons (Fsp3) is 0.395. The summed E-state index contributed by atoms with van der Waals surface area (Å²) in [7, 11) is 0. The van der Waals surface area contributed by atoms with Crippen molar-refractivity contribution in [1.29, 1.82) is 0 Å². The van der Waals surface area contributed by atoms with Gasteiger partial charge in [-0.25, -0.2) is 4.68 Å². The molecule has 4 aromatic carbocycles. The minimum atomic E-state index is -1.59. The fourth-order valence-corrected chi connectivity index (χ4v) is 7.07. The highest BCUT2D eigenvalue weighted by molar-refractivity contribution is 5.17. The van der Waals surface area contributed by atoms with Gasteiger partial charge >= 0.3 is 0 Å². The fourth-order valence-electron chi connectivity index (χ4n) is 7.07. The quantitative estimate of drug-likeness (QED) is 0.101. The third kappa shape index (κ3) is 9.94. The number of aliphatic hydroxyl groups is 4. The lowest BCUT2D eigenvalue weighted by Gasteiger charge is -2.46. The van der Waals surface area contributed by atoms with Crippen LogP contribution < -0.4 is 0 Å². The van der Waals surface area contributed by atoms with Crippen LogP contribution in [0.3, 0.4) is 0 Å². The Balaban J connectivity index is 1.22. The monoisotopic (exact) mass is 767 g/mol. The summed E-state index contributed by atoms with van der Waals surface area (Å²) in [6.07, 6.45) is -8.55. The average molecular weight is 768 g/mol. The van der Waals surface area contributed by atoms with Gasteiger partial charge in [-0.3, -0.25) is 0 Å². The van der Waals surface area contributed by atoms with Gasteiger partial charge in [0.25, 0.3) is 0 Å². The van der Waals surface area contributed by atoms with Gasteiger partial charge in [0.1, 0.15) is 54.5 Å². The highest BCUT2D eigenvalue weighted by atomic mass is 16.6. The van der Waals surface area contributed by atoms with Crippen molar-refractivity contribution in [3.05, 3.63) is 155 Å². The van der Waals surface area contributed by atoms with Gasteiger partial charge in [-0.1, -0.05) is 127 Å². The number of rotatable bonds is 17. The Hall–Kier alpha value is -4.38. The van der Waals surface area contributed by atoms with Crippen LogP contribution in [0.1, 0.15) is 46.7 Å². The maximum atomic E-state index is 10.9. The Kier molecular flexibility index (Phi) is 14.0. The summed E-state index contributed by atoms with van der Waals surface area (Å²) in [6.45, 7) is 0.998. The van der Waals surface area contributed by atoms with E-state index in [0.29, 0.717) is 31.9 Å². The lowest BCUT2D eigenvalue weighted by Crippen LogP contribution is -2.57. The normalized spacial score (nSPS) is 27.9. The Labute approximate surface area is 326 Å². The van der Waals surface area contributed by atoms with Gasteiger partial charge in [0.2, 0.25) is 0 Å². The molecule has 0 amide bonds. The molecule has 3 heterocycles. The number of nitrogens with zero attached hydrogens (tertiary/aromatic N) is 3. The topological polar surface area (TPSA) is 167 Å². The van der Waals surface area contributed by atoms with Crippen molar-refractivity contribution in [3.63, 3.8) is 0 Å². The Bertz CT molecular complexity index is 1870. The van der Waals surface area contributed by atoms with Crippen LogP contribution in [0.2, 0.25) is 0 Å². The summed E-state index contributed by atoms with van der Waals surface area (Å²) >= 11 is 0. The second-order valence-electron chi connectivity index (χ2n) is 14.0. The maximum absolute atomic E-state index is 10.9. The molecule has 10 atom stereocenters. The molecule has 296 valence electrons. The summed E-state index contributed by atoms with van der Waals surface area (Å²) in [6, 6.07) is 39.5. The van der Waals surface area contributed by atoms with Crippen molar-refractivity contribution in [2.24, 2.45) is 0 Å². The lowest BCUT2D eigenvalue weighted by atomic mass is 9.91. The first-order valence-electron chi connectivity index (χ1n) is 18.9. The largest absolute Gasteiger partial charge is 0.394 e. The van der Waals surface area contributed by atoms with E-state index in [9.17, 15) is 20.4 Å². The van der Waals surface area contributed by atoms with E-state index in [4.69, 9.17) is 28.4 Å². The first kappa shape index (κ1) is 39.8. The van der Waals surface area contributed by atoms with Crippen molar-refractivity contribution in [2.45, 2.75) is 94.0 Å². The number of benzene rings is 4. The van der Waals surface area contributed by atoms with E-state index in [0.717, 1.165) is 22.3 Å². The second-order valence-corrected chi connectivity index (χ2v) is 14.0. The van der Waals surface area contributed by atoms with Gasteiger partial charge < -0.3 is 48.8 Å². The van der Waals surface area contributed by atoms with Crippen LogP contribution in [0.25, 0.3) is 0 Å². The van der Waals surface area contributed by atoms with E-state index in [1.807, 2.05) is 121 Å². The van der Waals surface area contributed by atoms with Gasteiger partial charge in [-0.2, -0.15) is 0 Å². The molecule has 0 spiro atoms. The molecule has 5 aromatic rings. The van der Waals surface area contributed by atoms with Crippen molar-refractivity contribution in [1.82, 2.24) is 15.0 Å². The van der Waals surface area contributed by atoms with Crippen LogP contribution in [-0.2, 0) is 54.8 Å². The second kappa shape index (κ2) is 19.7. The van der Waals surface area contributed by atoms with E-state index in [1.165, 1.54) is 4.68 Å². The van der Waals surface area contributed by atoms with E-state index >= 15 is 0 Å². The zero-order valence-corrected chi connectivity index (χ0v) is 30.9. The molecule has 1 aromatic heterocycles. The number of hydrogen-bond donors (Lipinski definition) is 4. The predicted octanol–water partition coefficient (Wildman–Crippen LogP) is 4.05. The lowest BCUT2D eigenvalue weighted by molar-refractivity contribution is -0.270. The number of aromatic nitrogens is 3. The summed E-state index contributed by atoms with van der Waals surface area (Å²) in [4.78, 5) is 0. The molecule has 2 aliphatic rings. The molecule has 2 saturated heterocycles. The molecule has 0 unspecified atom stereocenters. The molecule has 4 N–H and O–H groups in total. The van der Waals surface area contributed by atoms with Crippen LogP contribution in [0.4, 0.5) is 0 Å². The molecule has 0 bridgehead atoms. The molecule has 13 heteroatoms. The molecule has 0 radical (unpaired) electrons. The summed E-state index contributed by atoms with van der Waals surface area (Å²) in [5, 5.41) is 50.4. The van der Waals surface area contributed by atoms with Crippen LogP contribution in [0, 0.1) is 0 Å². The van der Waals surface area contributed by atoms with E-state index in [1.54, 1.807) is 6.20 Å². The van der Waals surface area contributed by atoms with E-state index < -0.39 is 67.8 Å². The minimum absolute atomic E-state index is 0.230. The highest BCUT2D eigenvalue weighted by Crippen LogP contribution is 2.39. The molecule has 7 rings (SSSR count). The summed E-state index contributed by atoms with van der Waals surface area (Å²) in [5.74, 6) is 0. The zero-order chi connectivity index (χ0) is 38.7. The van der Waals surface area contributed by atoms with Gasteiger partial charge in [0.15, 0.2) is 6.23 Å². The molecule has 13 nitrogen and oxygen atoms in total. The highest BCUT2D eigenvalue weighted by Gasteiger charge is 2.50. The number of ether oxygens (including phenoxy) is 6. The zero-order valence-electron chi connectivity index (χ0n) is 30.9. The maximum Gasteiger partial charge on any atom is 0.180 e. The van der Waals surface area contributed by atoms with Crippen LogP contribution in [0.15, 0.2) is 128 Å². The Morgan fingerprint density at radius 1 is 0.554 bits per heavy atom. The first-order chi connectivity index (χ1) is 27.5. The van der Waals surface area contributed by atoms with Crippen molar-refractivity contribution < 1.29 is 48.8 Å². The predicted molar refractivity (Wildman–Crippen MR) is 202 cm³/mol. The molecule has 56 heavy (non-hydrogen) atoms. The van der Waals surface area contributed by atoms with E-state index in [2.05, 4.69) is 10.3 Å². The smallest absolute Gasteiger partial charge is 0.180 e. The van der Waals surface area contributed by atoms with Crippen molar-refractivity contribution in [2.75, 3.05) is 13.2 Å². The van der Waals surface area contributed by atoms with Gasteiger partial charge in [-0.05, 0) is 28.7 Å². The molecular formula is C43H49N3O10. The number of hydrogen-bond acceptors (Lipinski definition) is 12.